The number of benzene rings is 2. The third-order valence-corrected chi connectivity index (χ3v) is 3.46. The van der Waals surface area contributed by atoms with Crippen LogP contribution in [-0.4, -0.2) is 21.9 Å². The minimum absolute atomic E-state index is 0.0916. The number of nitrogens with zero attached hydrogens (tertiary/aromatic N) is 1. The Morgan fingerprint density at radius 2 is 1.40 bits per heavy atom. The van der Waals surface area contributed by atoms with Gasteiger partial charge in [-0.2, -0.15) is 0 Å². The molecule has 1 heterocycles. The third-order valence-electron chi connectivity index (χ3n) is 3.46. The Balaban J connectivity index is 1.67. The Bertz CT molecular complexity index is 893. The van der Waals surface area contributed by atoms with Crippen LogP contribution in [0.1, 0.15) is 20.7 Å². The van der Waals surface area contributed by atoms with E-state index in [-0.39, 0.29) is 17.5 Å². The van der Waals surface area contributed by atoms with Gasteiger partial charge in [0.05, 0.1) is 0 Å². The molecule has 0 atom stereocenters. The molecule has 0 saturated carbocycles. The predicted molar refractivity (Wildman–Crippen MR) is 94.7 cm³/mol. The van der Waals surface area contributed by atoms with Gasteiger partial charge in [-0.05, 0) is 48.5 Å². The van der Waals surface area contributed by atoms with Gasteiger partial charge in [-0.1, -0.05) is 18.2 Å². The van der Waals surface area contributed by atoms with Gasteiger partial charge in [0, 0.05) is 23.0 Å². The molecule has 0 radical (unpaired) electrons. The lowest BCUT2D eigenvalue weighted by atomic mass is 10.1. The summed E-state index contributed by atoms with van der Waals surface area (Å²) < 4.78 is 0. The fraction of sp³-hybridized carbons (Fsp3) is 0. The first kappa shape index (κ1) is 16.2. The summed E-state index contributed by atoms with van der Waals surface area (Å²) in [5.74, 6) is -0.650. The lowest BCUT2D eigenvalue weighted by Crippen LogP contribution is -2.14. The molecule has 6 nitrogen and oxygen atoms in total. The first-order valence-corrected chi connectivity index (χ1v) is 7.55. The minimum Gasteiger partial charge on any atom is -0.504 e. The van der Waals surface area contributed by atoms with Crippen molar-refractivity contribution in [3.8, 4) is 5.75 Å². The first-order chi connectivity index (χ1) is 12.1. The average Bonchev–Trinajstić information content (AvgIpc) is 2.65. The highest BCUT2D eigenvalue weighted by Gasteiger charge is 2.10. The van der Waals surface area contributed by atoms with E-state index in [4.69, 9.17) is 0 Å². The van der Waals surface area contributed by atoms with Crippen molar-refractivity contribution in [1.29, 1.82) is 0 Å². The maximum atomic E-state index is 12.2. The van der Waals surface area contributed by atoms with Gasteiger partial charge < -0.3 is 15.7 Å². The Hall–Kier alpha value is -3.67. The fourth-order valence-electron chi connectivity index (χ4n) is 2.17. The van der Waals surface area contributed by atoms with Gasteiger partial charge in [-0.15, -0.1) is 0 Å². The van der Waals surface area contributed by atoms with Crippen LogP contribution in [0.15, 0.2) is 72.9 Å². The van der Waals surface area contributed by atoms with Gasteiger partial charge >= 0.3 is 0 Å². The van der Waals surface area contributed by atoms with Crippen LogP contribution in [0.4, 0.5) is 11.5 Å². The largest absolute Gasteiger partial charge is 0.504 e. The van der Waals surface area contributed by atoms with E-state index >= 15 is 0 Å². The van der Waals surface area contributed by atoms with E-state index in [1.165, 1.54) is 12.3 Å². The summed E-state index contributed by atoms with van der Waals surface area (Å²) in [5.41, 5.74) is 1.50. The van der Waals surface area contributed by atoms with E-state index in [0.29, 0.717) is 16.8 Å². The molecule has 0 aliphatic rings. The van der Waals surface area contributed by atoms with Crippen molar-refractivity contribution < 1.29 is 14.7 Å². The molecular formula is C19H15N3O3. The van der Waals surface area contributed by atoms with E-state index in [2.05, 4.69) is 15.6 Å². The Morgan fingerprint density at radius 1 is 0.760 bits per heavy atom. The average molecular weight is 333 g/mol. The van der Waals surface area contributed by atoms with E-state index in [0.717, 1.165) is 0 Å². The lowest BCUT2D eigenvalue weighted by molar-refractivity contribution is 0.101. The summed E-state index contributed by atoms with van der Waals surface area (Å²) in [4.78, 5) is 28.2. The zero-order chi connectivity index (χ0) is 17.6. The second-order valence-corrected chi connectivity index (χ2v) is 5.22. The number of amides is 2. The maximum absolute atomic E-state index is 12.2. The van der Waals surface area contributed by atoms with Gasteiger partial charge in [0.1, 0.15) is 0 Å². The minimum atomic E-state index is -0.407. The highest BCUT2D eigenvalue weighted by atomic mass is 16.3. The van der Waals surface area contributed by atoms with Crippen LogP contribution in [0.5, 0.6) is 5.75 Å². The second-order valence-electron chi connectivity index (χ2n) is 5.22. The van der Waals surface area contributed by atoms with Crippen LogP contribution in [0.3, 0.4) is 0 Å². The molecular weight excluding hydrogens is 318 g/mol. The van der Waals surface area contributed by atoms with Crippen LogP contribution < -0.4 is 10.6 Å². The summed E-state index contributed by atoms with van der Waals surface area (Å²) in [6.07, 6.45) is 1.47. The predicted octanol–water partition coefficient (Wildman–Crippen LogP) is 3.29. The molecule has 3 aromatic rings. The molecule has 0 aliphatic heterocycles. The monoisotopic (exact) mass is 333 g/mol. The van der Waals surface area contributed by atoms with Crippen LogP contribution >= 0.6 is 0 Å². The zero-order valence-corrected chi connectivity index (χ0v) is 13.1. The quantitative estimate of drug-likeness (QED) is 0.683. The van der Waals surface area contributed by atoms with E-state index < -0.39 is 5.91 Å². The summed E-state index contributed by atoms with van der Waals surface area (Å²) in [6, 6.07) is 18.3. The summed E-state index contributed by atoms with van der Waals surface area (Å²) in [7, 11) is 0. The Morgan fingerprint density at radius 3 is 2.08 bits per heavy atom. The molecule has 124 valence electrons. The molecule has 0 saturated heterocycles. The van der Waals surface area contributed by atoms with Gasteiger partial charge in [0.2, 0.25) is 0 Å². The van der Waals surface area contributed by atoms with Crippen molar-refractivity contribution in [2.45, 2.75) is 0 Å². The number of aromatic hydroxyl groups is 1. The molecule has 0 fully saturated rings. The van der Waals surface area contributed by atoms with E-state index in [9.17, 15) is 14.7 Å². The molecule has 3 N–H and O–H groups in total. The Kier molecular flexibility index (Phi) is 4.71. The summed E-state index contributed by atoms with van der Waals surface area (Å²) >= 11 is 0. The van der Waals surface area contributed by atoms with Crippen LogP contribution in [0.25, 0.3) is 0 Å². The number of hydrogen-bond donors (Lipinski definition) is 3. The first-order valence-electron chi connectivity index (χ1n) is 7.55. The number of nitrogens with one attached hydrogen (secondary N) is 2. The smallest absolute Gasteiger partial charge is 0.256 e. The molecule has 0 spiro atoms. The molecule has 2 amide bonds. The van der Waals surface area contributed by atoms with Crippen molar-refractivity contribution in [1.82, 2.24) is 4.98 Å². The van der Waals surface area contributed by atoms with Crippen molar-refractivity contribution in [3.63, 3.8) is 0 Å². The maximum Gasteiger partial charge on any atom is 0.256 e. The lowest BCUT2D eigenvalue weighted by Gasteiger charge is -2.08. The third kappa shape index (κ3) is 4.00. The highest BCUT2D eigenvalue weighted by molar-refractivity contribution is 6.06. The number of rotatable bonds is 4. The topological polar surface area (TPSA) is 91.3 Å². The molecule has 1 aromatic heterocycles. The molecule has 6 heteroatoms. The molecule has 2 aromatic carbocycles. The molecule has 0 aliphatic carbocycles. The van der Waals surface area contributed by atoms with Crippen molar-refractivity contribution in [2.24, 2.45) is 0 Å². The van der Waals surface area contributed by atoms with E-state index in [1.54, 1.807) is 54.6 Å². The van der Waals surface area contributed by atoms with Gasteiger partial charge in [0.15, 0.2) is 11.6 Å². The SMILES string of the molecule is O=C(Nc1ccc(C(=O)Nc2ncccc2O)cc1)c1ccccc1. The molecule has 3 rings (SSSR count). The van der Waals surface area contributed by atoms with E-state index in [1.807, 2.05) is 6.07 Å². The molecule has 25 heavy (non-hydrogen) atoms. The second kappa shape index (κ2) is 7.27. The summed E-state index contributed by atoms with van der Waals surface area (Å²) in [6.45, 7) is 0. The van der Waals surface area contributed by atoms with Gasteiger partial charge in [0.25, 0.3) is 11.8 Å². The number of carbonyl (C=O) groups is 2. The number of anilines is 2. The molecule has 0 bridgehead atoms. The molecule has 0 unspecified atom stereocenters. The Labute approximate surface area is 144 Å². The van der Waals surface area contributed by atoms with Crippen molar-refractivity contribution in [3.05, 3.63) is 84.1 Å². The normalized spacial score (nSPS) is 10.1. The highest BCUT2D eigenvalue weighted by Crippen LogP contribution is 2.19. The number of hydrogen-bond acceptors (Lipinski definition) is 4. The fourth-order valence-corrected chi connectivity index (χ4v) is 2.17. The van der Waals surface area contributed by atoms with Crippen molar-refractivity contribution in [2.75, 3.05) is 10.6 Å². The zero-order valence-electron chi connectivity index (χ0n) is 13.1. The standard InChI is InChI=1S/C19H15N3O3/c23-16-7-4-12-20-17(16)22-19(25)14-8-10-15(11-9-14)21-18(24)13-5-2-1-3-6-13/h1-12,23H,(H,21,24)(H,20,22,25). The van der Waals surface area contributed by atoms with Crippen LogP contribution in [0.2, 0.25) is 0 Å². The number of aromatic nitrogens is 1. The van der Waals surface area contributed by atoms with Crippen molar-refractivity contribution >= 4 is 23.3 Å². The summed E-state index contributed by atoms with van der Waals surface area (Å²) in [5, 5.41) is 14.9. The van der Waals surface area contributed by atoms with Gasteiger partial charge in [-0.3, -0.25) is 9.59 Å². The van der Waals surface area contributed by atoms with Crippen LogP contribution in [0, 0.1) is 0 Å². The number of carbonyl (C=O) groups excluding carboxylic acids is 2. The number of pyridine rings is 1. The van der Waals surface area contributed by atoms with Gasteiger partial charge in [-0.25, -0.2) is 4.98 Å². The van der Waals surface area contributed by atoms with Crippen LogP contribution in [-0.2, 0) is 0 Å².